The Morgan fingerprint density at radius 3 is 0.409 bits per heavy atom. The Morgan fingerprint density at radius 2 is 0.318 bits per heavy atom. The summed E-state index contributed by atoms with van der Waals surface area (Å²) in [5.74, 6) is -5.99. The van der Waals surface area contributed by atoms with Crippen molar-refractivity contribution in [2.75, 3.05) is 0 Å². The molecule has 0 rings (SSSR count). The largest absolute Gasteiger partial charge is 3.00 e. The van der Waals surface area contributed by atoms with Gasteiger partial charge in [-0.15, -0.1) is 0 Å². The molecule has 0 heterocycles. The molecule has 250 valence electrons. The summed E-state index contributed by atoms with van der Waals surface area (Å²) in [7, 11) is 0. The van der Waals surface area contributed by atoms with Crippen LogP contribution in [-0.2, 0) is 28.8 Å². The fourth-order valence-electron chi connectivity index (χ4n) is 3.74. The summed E-state index contributed by atoms with van der Waals surface area (Å²) in [4.78, 5) is 60.2. The predicted molar refractivity (Wildman–Crippen MR) is 152 cm³/mol. The second-order valence-electron chi connectivity index (χ2n) is 10.1. The monoisotopic (exact) mass is 1020 g/mol. The number of carbonyl (C=O) groups is 6. The number of unbranched alkanes of at least 4 members (excludes halogenated alkanes) is 15. The van der Waals surface area contributed by atoms with E-state index in [9.17, 15) is 59.4 Å². The topological polar surface area (TPSA) is 241 Å². The van der Waals surface area contributed by atoms with Gasteiger partial charge in [0.1, 0.15) is 0 Å². The maximum atomic E-state index is 10.0. The van der Waals surface area contributed by atoms with E-state index in [1.807, 2.05) is 0 Å². The van der Waals surface area contributed by atoms with Crippen molar-refractivity contribution < 1.29 is 59.4 Å². The van der Waals surface area contributed by atoms with Crippen molar-refractivity contribution in [3.8, 4) is 0 Å². The second-order valence-corrected chi connectivity index (χ2v) is 10.1. The van der Waals surface area contributed by atoms with Crippen LogP contribution >= 0.6 is 0 Å². The molecule has 0 spiro atoms. The Labute approximate surface area is 300 Å². The molecular weight excluding hydrogens is 970 g/mol. The van der Waals surface area contributed by atoms with E-state index in [-0.39, 0.29) is 90.9 Å². The number of rotatable bonds is 27. The minimum atomic E-state index is -0.998. The van der Waals surface area contributed by atoms with Crippen molar-refractivity contribution in [1.82, 2.24) is 0 Å². The molecule has 0 fully saturated rings. The Kier molecular flexibility index (Phi) is 49.3. The fraction of sp³-hybridized carbons (Fsp3) is 0.800. The first kappa shape index (κ1) is 52.1. The first-order chi connectivity index (χ1) is 19.9. The average Bonchev–Trinajstić information content (AvgIpc) is 2.88. The summed E-state index contributed by atoms with van der Waals surface area (Å²) >= 11 is 0. The molecule has 0 saturated carbocycles. The van der Waals surface area contributed by atoms with E-state index in [0.29, 0.717) is 38.5 Å². The Morgan fingerprint density at radius 1 is 0.227 bits per heavy atom. The summed E-state index contributed by atoms with van der Waals surface area (Å²) in [6.45, 7) is 0. The van der Waals surface area contributed by atoms with E-state index >= 15 is 0 Å². The number of carboxylic acids is 6. The maximum Gasteiger partial charge on any atom is 3.00 e. The third-order valence-corrected chi connectivity index (χ3v) is 6.04. The SMILES string of the molecule is O=C([O-])CCCCCCCCC(=O)[O-].O=C([O-])CCCCCCCCC(=O)[O-].O=C([O-])CCCCCCCCC(=O)[O-].[Bi+3].[Bi+3]. The van der Waals surface area contributed by atoms with E-state index in [0.717, 1.165) is 77.0 Å². The van der Waals surface area contributed by atoms with Crippen LogP contribution in [0.1, 0.15) is 154 Å². The van der Waals surface area contributed by atoms with Crippen LogP contribution in [0.5, 0.6) is 0 Å². The van der Waals surface area contributed by atoms with Crippen molar-refractivity contribution in [3.05, 3.63) is 0 Å². The van der Waals surface area contributed by atoms with E-state index < -0.39 is 35.8 Å². The summed E-state index contributed by atoms with van der Waals surface area (Å²) in [5, 5.41) is 60.2. The summed E-state index contributed by atoms with van der Waals surface area (Å²) in [6, 6.07) is 0. The van der Waals surface area contributed by atoms with Crippen molar-refractivity contribution >= 4 is 88.2 Å². The van der Waals surface area contributed by atoms with Gasteiger partial charge in [-0.2, -0.15) is 0 Å². The zero-order chi connectivity index (χ0) is 32.4. The summed E-state index contributed by atoms with van der Waals surface area (Å²) in [6.07, 6.45) is 15.7. The summed E-state index contributed by atoms with van der Waals surface area (Å²) in [5.41, 5.74) is 0. The molecule has 0 unspecified atom stereocenters. The van der Waals surface area contributed by atoms with Crippen molar-refractivity contribution in [2.24, 2.45) is 0 Å². The van der Waals surface area contributed by atoms with Crippen molar-refractivity contribution in [3.63, 3.8) is 0 Å². The van der Waals surface area contributed by atoms with Crippen LogP contribution in [0.3, 0.4) is 0 Å². The number of carbonyl (C=O) groups excluding carboxylic acids is 6. The predicted octanol–water partition coefficient (Wildman–Crippen LogP) is -1.94. The zero-order valence-corrected chi connectivity index (χ0v) is 32.7. The van der Waals surface area contributed by atoms with Gasteiger partial charge >= 0.3 is 52.4 Å². The molecule has 0 aliphatic carbocycles. The van der Waals surface area contributed by atoms with Gasteiger partial charge in [0.2, 0.25) is 0 Å². The summed E-state index contributed by atoms with van der Waals surface area (Å²) < 4.78 is 0. The molecule has 12 nitrogen and oxygen atoms in total. The van der Waals surface area contributed by atoms with Crippen LogP contribution in [0.25, 0.3) is 0 Å². The third kappa shape index (κ3) is 63.7. The van der Waals surface area contributed by atoms with Crippen molar-refractivity contribution in [2.45, 2.75) is 154 Å². The van der Waals surface area contributed by atoms with Gasteiger partial charge in [0.15, 0.2) is 0 Å². The Balaban J connectivity index is -0.000000169. The number of hydrogen-bond acceptors (Lipinski definition) is 12. The van der Waals surface area contributed by atoms with Gasteiger partial charge in [0.05, 0.1) is 0 Å². The molecule has 0 aromatic rings. The van der Waals surface area contributed by atoms with Gasteiger partial charge in [-0.3, -0.25) is 0 Å². The molecule has 0 aromatic heterocycles. The van der Waals surface area contributed by atoms with Crippen LogP contribution in [0.15, 0.2) is 0 Å². The molecule has 4 radical (unpaired) electrons. The van der Waals surface area contributed by atoms with E-state index in [2.05, 4.69) is 0 Å². The third-order valence-electron chi connectivity index (χ3n) is 6.04. The zero-order valence-electron chi connectivity index (χ0n) is 25.8. The second kappa shape index (κ2) is 41.6. The van der Waals surface area contributed by atoms with E-state index in [1.165, 1.54) is 0 Å². The average molecular weight is 1020 g/mol. The van der Waals surface area contributed by atoms with Gasteiger partial charge in [-0.25, -0.2) is 0 Å². The molecule has 0 saturated heterocycles. The normalized spacial score (nSPS) is 9.55. The molecule has 0 atom stereocenters. The first-order valence-electron chi connectivity index (χ1n) is 15.1. The molecule has 0 amide bonds. The minimum absolute atomic E-state index is 0. The van der Waals surface area contributed by atoms with Crippen LogP contribution in [-0.4, -0.2) is 88.2 Å². The number of hydrogen-bond donors (Lipinski definition) is 0. The molecule has 0 aliphatic rings. The quantitative estimate of drug-likeness (QED) is 0.0646. The number of aliphatic carboxylic acids is 6. The standard InChI is InChI=1S/3C10H18O4.2Bi/c3*11-9(12)7-5-3-1-2-4-6-8-10(13)14;;/h3*1-8H2,(H,11,12)(H,13,14);;/q;;;2*+3/p-6. The molecular formula is C30H48Bi2O12. The van der Waals surface area contributed by atoms with Crippen molar-refractivity contribution in [1.29, 1.82) is 0 Å². The first-order valence-corrected chi connectivity index (χ1v) is 15.1. The maximum absolute atomic E-state index is 10.0. The molecule has 0 N–H and O–H groups in total. The minimum Gasteiger partial charge on any atom is -0.550 e. The van der Waals surface area contributed by atoms with Gasteiger partial charge in [0, 0.05) is 35.8 Å². The van der Waals surface area contributed by atoms with E-state index in [4.69, 9.17) is 0 Å². The fourth-order valence-corrected chi connectivity index (χ4v) is 3.74. The molecule has 0 aliphatic heterocycles. The van der Waals surface area contributed by atoms with Gasteiger partial charge in [0.25, 0.3) is 0 Å². The van der Waals surface area contributed by atoms with Gasteiger partial charge in [-0.05, 0) is 77.0 Å². The van der Waals surface area contributed by atoms with Gasteiger partial charge in [-0.1, -0.05) is 77.0 Å². The molecule has 0 bridgehead atoms. The van der Waals surface area contributed by atoms with E-state index in [1.54, 1.807) is 0 Å². The van der Waals surface area contributed by atoms with Crippen LogP contribution in [0.2, 0.25) is 0 Å². The number of carboxylic acid groups (broad SMARTS) is 6. The van der Waals surface area contributed by atoms with Crippen LogP contribution < -0.4 is 30.6 Å². The smallest absolute Gasteiger partial charge is 0.550 e. The molecule has 0 aromatic carbocycles. The molecule has 44 heavy (non-hydrogen) atoms. The van der Waals surface area contributed by atoms with Gasteiger partial charge < -0.3 is 59.4 Å². The Bertz CT molecular complexity index is 578. The Hall–Kier alpha value is -1.41. The molecule has 14 heteroatoms. The van der Waals surface area contributed by atoms with Crippen LogP contribution in [0, 0.1) is 0 Å². The van der Waals surface area contributed by atoms with Crippen LogP contribution in [0.4, 0.5) is 0 Å².